The summed E-state index contributed by atoms with van der Waals surface area (Å²) < 4.78 is 36.7. The maximum Gasteiger partial charge on any atom is 0.574 e. The Balaban J connectivity index is 0. The first kappa shape index (κ1) is 21.7. The standard InChI is InChI=1S/C14H28F3S.ClH/c1-3-4-5-6-7-8-9-10-11-12-13-18(2)14(15,16)17;/h3-13H2,1-2H3;1H/q+1;/p-1. The molecule has 0 heterocycles. The Hall–Kier alpha value is 0.430. The average molecular weight is 321 g/mol. The van der Waals surface area contributed by atoms with Crippen molar-refractivity contribution in [2.75, 3.05) is 12.0 Å². The Morgan fingerprint density at radius 3 is 1.47 bits per heavy atom. The van der Waals surface area contributed by atoms with Crippen molar-refractivity contribution in [2.45, 2.75) is 76.6 Å². The van der Waals surface area contributed by atoms with Gasteiger partial charge in [0.1, 0.15) is 12.0 Å². The third-order valence-electron chi connectivity index (χ3n) is 3.20. The lowest BCUT2D eigenvalue weighted by Crippen LogP contribution is -3.00. The Morgan fingerprint density at radius 2 is 1.11 bits per heavy atom. The molecule has 1 unspecified atom stereocenters. The van der Waals surface area contributed by atoms with Crippen LogP contribution in [-0.2, 0) is 10.9 Å². The quantitative estimate of drug-likeness (QED) is 0.405. The summed E-state index contributed by atoms with van der Waals surface area (Å²) in [5.74, 6) is 0.319. The van der Waals surface area contributed by atoms with Gasteiger partial charge in [-0.05, 0) is 12.8 Å². The monoisotopic (exact) mass is 320 g/mol. The summed E-state index contributed by atoms with van der Waals surface area (Å²) in [5.41, 5.74) is -3.97. The number of rotatable bonds is 11. The van der Waals surface area contributed by atoms with E-state index in [1.54, 1.807) is 0 Å². The molecule has 5 heteroatoms. The van der Waals surface area contributed by atoms with Gasteiger partial charge in [0.05, 0.1) is 10.9 Å². The van der Waals surface area contributed by atoms with Crippen molar-refractivity contribution in [3.05, 3.63) is 0 Å². The van der Waals surface area contributed by atoms with E-state index in [2.05, 4.69) is 6.92 Å². The zero-order chi connectivity index (χ0) is 13.9. The molecule has 0 bridgehead atoms. The van der Waals surface area contributed by atoms with E-state index in [9.17, 15) is 13.2 Å². The van der Waals surface area contributed by atoms with Crippen molar-refractivity contribution in [2.24, 2.45) is 0 Å². The number of halogens is 4. The fraction of sp³-hybridized carbons (Fsp3) is 1.00. The molecule has 0 aliphatic heterocycles. The maximum absolute atomic E-state index is 12.2. The van der Waals surface area contributed by atoms with E-state index in [-0.39, 0.29) is 12.4 Å². The molecule has 118 valence electrons. The van der Waals surface area contributed by atoms with Crippen molar-refractivity contribution in [3.63, 3.8) is 0 Å². The van der Waals surface area contributed by atoms with E-state index >= 15 is 0 Å². The van der Waals surface area contributed by atoms with Crippen molar-refractivity contribution in [1.82, 2.24) is 0 Å². The summed E-state index contributed by atoms with van der Waals surface area (Å²) in [6, 6.07) is 0. The Kier molecular flexibility index (Phi) is 15.3. The molecule has 0 aromatic carbocycles. The summed E-state index contributed by atoms with van der Waals surface area (Å²) in [6.07, 6.45) is 13.1. The van der Waals surface area contributed by atoms with Crippen LogP contribution in [0.4, 0.5) is 13.2 Å². The SMILES string of the molecule is CCCCCCCCCCCC[S+](C)C(F)(F)F.[Cl-]. The van der Waals surface area contributed by atoms with Gasteiger partial charge in [-0.25, -0.2) is 0 Å². The highest BCUT2D eigenvalue weighted by molar-refractivity contribution is 7.97. The molecule has 0 aromatic heterocycles. The summed E-state index contributed by atoms with van der Waals surface area (Å²) in [5, 5.41) is 0. The van der Waals surface area contributed by atoms with Crippen LogP contribution >= 0.6 is 0 Å². The molecule has 0 aliphatic carbocycles. The average Bonchev–Trinajstić information content (AvgIpc) is 2.30. The smallest absolute Gasteiger partial charge is 0.574 e. The summed E-state index contributed by atoms with van der Waals surface area (Å²) >= 11 is 0. The van der Waals surface area contributed by atoms with Gasteiger partial charge in [0.15, 0.2) is 0 Å². The first-order chi connectivity index (χ1) is 8.48. The van der Waals surface area contributed by atoms with Gasteiger partial charge in [0.25, 0.3) is 0 Å². The lowest BCUT2D eigenvalue weighted by molar-refractivity contribution is -0.0365. The lowest BCUT2D eigenvalue weighted by Gasteiger charge is -2.06. The van der Waals surface area contributed by atoms with E-state index in [1.807, 2.05) is 0 Å². The summed E-state index contributed by atoms with van der Waals surface area (Å²) in [4.78, 5) is 0. The zero-order valence-corrected chi connectivity index (χ0v) is 13.8. The van der Waals surface area contributed by atoms with Gasteiger partial charge in [0, 0.05) is 0 Å². The van der Waals surface area contributed by atoms with E-state index in [1.165, 1.54) is 51.2 Å². The number of hydrogen-bond acceptors (Lipinski definition) is 0. The minimum atomic E-state index is -3.97. The lowest BCUT2D eigenvalue weighted by atomic mass is 10.1. The second-order valence-electron chi connectivity index (χ2n) is 4.97. The molecule has 0 radical (unpaired) electrons. The highest BCUT2D eigenvalue weighted by atomic mass is 35.5. The van der Waals surface area contributed by atoms with Crippen LogP contribution < -0.4 is 12.4 Å². The highest BCUT2D eigenvalue weighted by Crippen LogP contribution is 2.25. The van der Waals surface area contributed by atoms with Crippen LogP contribution in [0.25, 0.3) is 0 Å². The Labute approximate surface area is 125 Å². The van der Waals surface area contributed by atoms with Crippen LogP contribution in [0.15, 0.2) is 0 Å². The largest absolute Gasteiger partial charge is 1.00 e. The van der Waals surface area contributed by atoms with Crippen molar-refractivity contribution in [3.8, 4) is 0 Å². The molecular formula is C14H28ClF3S. The second kappa shape index (κ2) is 13.4. The molecule has 0 fully saturated rings. The Morgan fingerprint density at radius 1 is 0.737 bits per heavy atom. The highest BCUT2D eigenvalue weighted by Gasteiger charge is 2.46. The van der Waals surface area contributed by atoms with Crippen molar-refractivity contribution in [1.29, 1.82) is 0 Å². The number of alkyl halides is 3. The van der Waals surface area contributed by atoms with E-state index in [0.717, 1.165) is 19.3 Å². The minimum Gasteiger partial charge on any atom is -1.00 e. The van der Waals surface area contributed by atoms with E-state index in [4.69, 9.17) is 0 Å². The molecule has 0 rings (SSSR count). The number of unbranched alkanes of at least 4 members (excludes halogenated alkanes) is 9. The fourth-order valence-corrected chi connectivity index (χ4v) is 2.79. The van der Waals surface area contributed by atoms with Crippen molar-refractivity contribution < 1.29 is 25.6 Å². The van der Waals surface area contributed by atoms with Gasteiger partial charge < -0.3 is 12.4 Å². The van der Waals surface area contributed by atoms with Gasteiger partial charge in [0.2, 0.25) is 0 Å². The first-order valence-electron chi connectivity index (χ1n) is 7.18. The van der Waals surface area contributed by atoms with E-state index < -0.39 is 16.4 Å². The molecule has 0 amide bonds. The third-order valence-corrected chi connectivity index (χ3v) is 4.89. The Bertz CT molecular complexity index is 186. The maximum atomic E-state index is 12.2. The summed E-state index contributed by atoms with van der Waals surface area (Å²) in [6.45, 7) is 2.21. The molecule has 0 saturated heterocycles. The number of hydrogen-bond donors (Lipinski definition) is 0. The molecular weight excluding hydrogens is 293 g/mol. The zero-order valence-electron chi connectivity index (χ0n) is 12.2. The van der Waals surface area contributed by atoms with Crippen LogP contribution in [0.2, 0.25) is 0 Å². The third kappa shape index (κ3) is 14.6. The predicted molar refractivity (Wildman–Crippen MR) is 76.1 cm³/mol. The molecule has 0 saturated carbocycles. The van der Waals surface area contributed by atoms with Gasteiger partial charge in [-0.1, -0.05) is 58.3 Å². The topological polar surface area (TPSA) is 0 Å². The van der Waals surface area contributed by atoms with E-state index in [0.29, 0.717) is 5.75 Å². The fourth-order valence-electron chi connectivity index (χ4n) is 1.92. The van der Waals surface area contributed by atoms with Crippen LogP contribution in [-0.4, -0.2) is 17.5 Å². The van der Waals surface area contributed by atoms with Crippen LogP contribution in [0.1, 0.15) is 71.1 Å². The summed E-state index contributed by atoms with van der Waals surface area (Å²) in [7, 11) is -1.40. The molecule has 1 atom stereocenters. The van der Waals surface area contributed by atoms with Crippen LogP contribution in [0.3, 0.4) is 0 Å². The molecule has 19 heavy (non-hydrogen) atoms. The van der Waals surface area contributed by atoms with Gasteiger partial charge in [-0.2, -0.15) is 0 Å². The normalized spacial score (nSPS) is 13.1. The molecule has 0 aliphatic rings. The van der Waals surface area contributed by atoms with Crippen molar-refractivity contribution >= 4 is 10.9 Å². The predicted octanol–water partition coefficient (Wildman–Crippen LogP) is 2.68. The van der Waals surface area contributed by atoms with Gasteiger partial charge in [-0.15, -0.1) is 13.2 Å². The molecule has 0 N–H and O–H groups in total. The minimum absolute atomic E-state index is 0. The van der Waals surface area contributed by atoms with Crippen LogP contribution in [0.5, 0.6) is 0 Å². The van der Waals surface area contributed by atoms with Gasteiger partial charge in [-0.3, -0.25) is 0 Å². The van der Waals surface area contributed by atoms with Gasteiger partial charge >= 0.3 is 5.51 Å². The molecule has 0 aromatic rings. The first-order valence-corrected chi connectivity index (χ1v) is 8.98. The molecule has 0 spiro atoms. The second-order valence-corrected chi connectivity index (χ2v) is 7.11. The molecule has 0 nitrogen and oxygen atoms in total. The van der Waals surface area contributed by atoms with Crippen LogP contribution in [0, 0.1) is 0 Å².